The summed E-state index contributed by atoms with van der Waals surface area (Å²) in [4.78, 5) is 11.7. The molecule has 0 atom stereocenters. The molecular weight excluding hydrogens is 413 g/mol. The van der Waals surface area contributed by atoms with Crippen LogP contribution in [-0.2, 0) is 6.42 Å². The number of halogens is 1. The van der Waals surface area contributed by atoms with E-state index in [9.17, 15) is 4.39 Å². The summed E-state index contributed by atoms with van der Waals surface area (Å²) in [6.07, 6.45) is 7.43. The van der Waals surface area contributed by atoms with Gasteiger partial charge in [0.25, 0.3) is 0 Å². The Morgan fingerprint density at radius 3 is 2.13 bits per heavy atom. The highest BCUT2D eigenvalue weighted by molar-refractivity contribution is 7.80. The molecule has 4 rings (SSSR count). The Balaban J connectivity index is 0.000000185. The first-order valence-corrected chi connectivity index (χ1v) is 10.8. The molecular formula is C24H28FN3O2S. The van der Waals surface area contributed by atoms with Gasteiger partial charge in [0.1, 0.15) is 5.75 Å². The molecule has 0 bridgehead atoms. The first kappa shape index (κ1) is 22.9. The number of methoxy groups -OCH3 is 2. The van der Waals surface area contributed by atoms with Crippen molar-refractivity contribution in [1.29, 1.82) is 0 Å². The van der Waals surface area contributed by atoms with Gasteiger partial charge in [-0.05, 0) is 60.2 Å². The lowest BCUT2D eigenvalue weighted by atomic mass is 10.1. The van der Waals surface area contributed by atoms with E-state index in [0.717, 1.165) is 41.5 Å². The Kier molecular flexibility index (Phi) is 8.12. The number of thiol groups is 1. The summed E-state index contributed by atoms with van der Waals surface area (Å²) in [5.74, 6) is 1.40. The topological polar surface area (TPSA) is 47.5 Å². The van der Waals surface area contributed by atoms with Gasteiger partial charge in [-0.3, -0.25) is 0 Å². The van der Waals surface area contributed by atoms with E-state index < -0.39 is 0 Å². The van der Waals surface area contributed by atoms with Gasteiger partial charge in [0.15, 0.2) is 11.6 Å². The molecule has 1 aliphatic heterocycles. The Bertz CT molecular complexity index is 993. The van der Waals surface area contributed by atoms with Crippen molar-refractivity contribution in [3.05, 3.63) is 60.2 Å². The number of rotatable bonds is 5. The van der Waals surface area contributed by atoms with Gasteiger partial charge in [0, 0.05) is 30.4 Å². The van der Waals surface area contributed by atoms with E-state index in [1.165, 1.54) is 31.6 Å². The standard InChI is InChI=1S/C14H13FO2S.C10H15N3/c1-16-12-5-3-9(7-11(12)15)10-4-6-14(18)13(8-10)17-2;1-2-9-7-11-10(12-8-9)13-5-3-4-6-13/h3-8,18H,1-2H3;7-8H,2-6H2,1H3. The molecule has 3 aromatic rings. The molecule has 1 aromatic heterocycles. The summed E-state index contributed by atoms with van der Waals surface area (Å²) in [5, 5.41) is 0. The highest BCUT2D eigenvalue weighted by Gasteiger charge is 2.14. The molecule has 1 saturated heterocycles. The average molecular weight is 442 g/mol. The van der Waals surface area contributed by atoms with Gasteiger partial charge in [0.05, 0.1) is 14.2 Å². The van der Waals surface area contributed by atoms with Crippen LogP contribution in [0.15, 0.2) is 53.7 Å². The predicted octanol–water partition coefficient (Wildman–Crippen LogP) is 5.44. The minimum Gasteiger partial charge on any atom is -0.496 e. The zero-order valence-corrected chi connectivity index (χ0v) is 19.0. The fraction of sp³-hybridized carbons (Fsp3) is 0.333. The van der Waals surface area contributed by atoms with Gasteiger partial charge in [0.2, 0.25) is 5.95 Å². The van der Waals surface area contributed by atoms with Crippen molar-refractivity contribution >= 4 is 18.6 Å². The smallest absolute Gasteiger partial charge is 0.225 e. The van der Waals surface area contributed by atoms with Gasteiger partial charge >= 0.3 is 0 Å². The van der Waals surface area contributed by atoms with Crippen LogP contribution in [0, 0.1) is 5.82 Å². The molecule has 1 aliphatic rings. The lowest BCUT2D eigenvalue weighted by molar-refractivity contribution is 0.386. The second-order valence-electron chi connectivity index (χ2n) is 7.17. The zero-order chi connectivity index (χ0) is 22.2. The number of nitrogens with zero attached hydrogens (tertiary/aromatic N) is 3. The van der Waals surface area contributed by atoms with E-state index in [4.69, 9.17) is 9.47 Å². The van der Waals surface area contributed by atoms with Crippen molar-refractivity contribution in [2.45, 2.75) is 31.1 Å². The summed E-state index contributed by atoms with van der Waals surface area (Å²) in [6, 6.07) is 10.3. The maximum Gasteiger partial charge on any atom is 0.225 e. The van der Waals surface area contributed by atoms with Crippen molar-refractivity contribution in [2.24, 2.45) is 0 Å². The van der Waals surface area contributed by atoms with Gasteiger partial charge in [-0.1, -0.05) is 19.1 Å². The summed E-state index contributed by atoms with van der Waals surface area (Å²) in [7, 11) is 3.02. The molecule has 0 saturated carbocycles. The fourth-order valence-electron chi connectivity index (χ4n) is 3.31. The lowest BCUT2D eigenvalue weighted by Crippen LogP contribution is -2.20. The maximum absolute atomic E-state index is 13.6. The molecule has 7 heteroatoms. The maximum atomic E-state index is 13.6. The third-order valence-corrected chi connectivity index (χ3v) is 5.52. The fourth-order valence-corrected chi connectivity index (χ4v) is 3.54. The van der Waals surface area contributed by atoms with Crippen molar-refractivity contribution in [3.8, 4) is 22.6 Å². The molecule has 5 nitrogen and oxygen atoms in total. The molecule has 0 unspecified atom stereocenters. The van der Waals surface area contributed by atoms with Crippen LogP contribution in [0.2, 0.25) is 0 Å². The number of benzene rings is 2. The summed E-state index contributed by atoms with van der Waals surface area (Å²) in [6.45, 7) is 4.35. The van der Waals surface area contributed by atoms with Gasteiger partial charge < -0.3 is 14.4 Å². The zero-order valence-electron chi connectivity index (χ0n) is 18.1. The largest absolute Gasteiger partial charge is 0.496 e. The average Bonchev–Trinajstić information content (AvgIpc) is 3.35. The van der Waals surface area contributed by atoms with Crippen LogP contribution in [0.1, 0.15) is 25.3 Å². The molecule has 1 fully saturated rings. The van der Waals surface area contributed by atoms with Gasteiger partial charge in [-0.2, -0.15) is 0 Å². The molecule has 0 spiro atoms. The Hall–Kier alpha value is -2.80. The molecule has 2 heterocycles. The van der Waals surface area contributed by atoms with Crippen LogP contribution < -0.4 is 14.4 Å². The van der Waals surface area contributed by atoms with E-state index in [1.807, 2.05) is 30.6 Å². The first-order valence-electron chi connectivity index (χ1n) is 10.3. The summed E-state index contributed by atoms with van der Waals surface area (Å²) >= 11 is 4.27. The second kappa shape index (κ2) is 11.0. The number of ether oxygens (including phenoxy) is 2. The van der Waals surface area contributed by atoms with Crippen LogP contribution in [0.5, 0.6) is 11.5 Å². The highest BCUT2D eigenvalue weighted by atomic mass is 32.1. The Morgan fingerprint density at radius 2 is 1.55 bits per heavy atom. The highest BCUT2D eigenvalue weighted by Crippen LogP contribution is 2.31. The third kappa shape index (κ3) is 5.88. The SMILES string of the molecule is CCc1cnc(N2CCCC2)nc1.COc1ccc(-c2ccc(S)c(OC)c2)cc1F. The van der Waals surface area contributed by atoms with Crippen LogP contribution in [0.4, 0.5) is 10.3 Å². The number of anilines is 1. The molecule has 0 N–H and O–H groups in total. The van der Waals surface area contributed by atoms with E-state index in [-0.39, 0.29) is 11.6 Å². The van der Waals surface area contributed by atoms with Crippen LogP contribution in [-0.4, -0.2) is 37.3 Å². The summed E-state index contributed by atoms with van der Waals surface area (Å²) in [5.41, 5.74) is 2.84. The third-order valence-electron chi connectivity index (χ3n) is 5.15. The summed E-state index contributed by atoms with van der Waals surface area (Å²) < 4.78 is 23.7. The van der Waals surface area contributed by atoms with Crippen LogP contribution in [0.25, 0.3) is 11.1 Å². The molecule has 31 heavy (non-hydrogen) atoms. The quantitative estimate of drug-likeness (QED) is 0.535. The molecule has 0 aliphatic carbocycles. The molecule has 0 amide bonds. The lowest BCUT2D eigenvalue weighted by Gasteiger charge is -2.14. The minimum atomic E-state index is -0.385. The van der Waals surface area contributed by atoms with Crippen molar-refractivity contribution in [1.82, 2.24) is 9.97 Å². The van der Waals surface area contributed by atoms with Crippen molar-refractivity contribution < 1.29 is 13.9 Å². The van der Waals surface area contributed by atoms with Crippen LogP contribution >= 0.6 is 12.6 Å². The molecule has 164 valence electrons. The first-order chi connectivity index (χ1) is 15.0. The van der Waals surface area contributed by atoms with E-state index in [1.54, 1.807) is 19.2 Å². The Morgan fingerprint density at radius 1 is 0.935 bits per heavy atom. The number of hydrogen-bond acceptors (Lipinski definition) is 6. The van der Waals surface area contributed by atoms with E-state index >= 15 is 0 Å². The number of aromatic nitrogens is 2. The van der Waals surface area contributed by atoms with E-state index in [2.05, 4.69) is 34.4 Å². The van der Waals surface area contributed by atoms with E-state index in [0.29, 0.717) is 5.75 Å². The van der Waals surface area contributed by atoms with Crippen molar-refractivity contribution in [3.63, 3.8) is 0 Å². The molecule has 2 aromatic carbocycles. The number of hydrogen-bond donors (Lipinski definition) is 1. The Labute approximate surface area is 188 Å². The number of aryl methyl sites for hydroxylation is 1. The minimum absolute atomic E-state index is 0.233. The molecule has 0 radical (unpaired) electrons. The van der Waals surface area contributed by atoms with Crippen molar-refractivity contribution in [2.75, 3.05) is 32.2 Å². The van der Waals surface area contributed by atoms with Gasteiger partial charge in [-0.15, -0.1) is 12.6 Å². The monoisotopic (exact) mass is 441 g/mol. The second-order valence-corrected chi connectivity index (χ2v) is 7.66. The normalized spacial score (nSPS) is 12.9. The van der Waals surface area contributed by atoms with Crippen LogP contribution in [0.3, 0.4) is 0 Å². The predicted molar refractivity (Wildman–Crippen MR) is 125 cm³/mol. The van der Waals surface area contributed by atoms with Gasteiger partial charge in [-0.25, -0.2) is 14.4 Å².